The molecule has 4 aliphatic rings. The number of hydrogen-bond acceptors (Lipinski definition) is 15. The molecule has 0 radical (unpaired) electrons. The van der Waals surface area contributed by atoms with E-state index in [0.717, 1.165) is 54.2 Å². The van der Waals surface area contributed by atoms with Gasteiger partial charge in [-0.3, -0.25) is 62.8 Å². The van der Waals surface area contributed by atoms with Gasteiger partial charge in [0.1, 0.15) is 10.8 Å². The van der Waals surface area contributed by atoms with Crippen LogP contribution in [-0.4, -0.2) is 185 Å². The van der Waals surface area contributed by atoms with Crippen LogP contribution in [0.4, 0.5) is 0 Å². The second-order valence-corrected chi connectivity index (χ2v) is 22.9. The molecule has 432 valence electrons. The molecule has 3 fully saturated rings. The zero-order valence-electron chi connectivity index (χ0n) is 47.0. The van der Waals surface area contributed by atoms with Gasteiger partial charge in [-0.15, -0.1) is 0 Å². The van der Waals surface area contributed by atoms with Crippen molar-refractivity contribution in [3.05, 3.63) is 36.5 Å². The lowest BCUT2D eigenvalue weighted by Gasteiger charge is -2.38. The molecule has 1 aromatic rings. The number of amides is 8. The number of hydrogen-bond donors (Lipinski definition) is 6. The van der Waals surface area contributed by atoms with E-state index in [1.165, 1.54) is 31.4 Å². The molecule has 5 heterocycles. The van der Waals surface area contributed by atoms with Crippen LogP contribution in [0.15, 0.2) is 41.6 Å². The van der Waals surface area contributed by atoms with Gasteiger partial charge in [-0.1, -0.05) is 43.0 Å². The topological polar surface area (TPSA) is 252 Å². The van der Waals surface area contributed by atoms with Gasteiger partial charge in [0.2, 0.25) is 35.4 Å². The first-order valence-corrected chi connectivity index (χ1v) is 30.3. The Labute approximate surface area is 466 Å². The molecule has 5 rings (SSSR count). The van der Waals surface area contributed by atoms with E-state index in [1.54, 1.807) is 27.8 Å². The van der Waals surface area contributed by atoms with Gasteiger partial charge >= 0.3 is 0 Å². The molecule has 6 unspecified atom stereocenters. The average Bonchev–Trinajstić information content (AvgIpc) is 3.71. The number of aromatic nitrogens is 1. The zero-order valence-corrected chi connectivity index (χ0v) is 48.7. The zero-order chi connectivity index (χ0) is 56.5. The molecule has 1 aromatic heterocycles. The lowest BCUT2D eigenvalue weighted by molar-refractivity contribution is -0.137. The minimum absolute atomic E-state index is 0.00529. The Morgan fingerprint density at radius 1 is 0.519 bits per heavy atom. The van der Waals surface area contributed by atoms with E-state index in [-0.39, 0.29) is 85.5 Å². The molecule has 0 aromatic carbocycles. The van der Waals surface area contributed by atoms with Gasteiger partial charge in [-0.05, 0) is 109 Å². The highest BCUT2D eigenvalue weighted by Gasteiger charge is 2.29. The maximum Gasteiger partial charge on any atom is 0.253 e. The summed E-state index contributed by atoms with van der Waals surface area (Å²) in [6.45, 7) is 18.5. The van der Waals surface area contributed by atoms with Crippen molar-refractivity contribution in [2.75, 3.05) is 71.2 Å². The van der Waals surface area contributed by atoms with Crippen LogP contribution in [0, 0.1) is 0 Å². The monoisotopic (exact) mass is 1110 g/mol. The summed E-state index contributed by atoms with van der Waals surface area (Å²) in [4.78, 5) is 117. The summed E-state index contributed by atoms with van der Waals surface area (Å²) in [5.41, 5.74) is 0. The van der Waals surface area contributed by atoms with Crippen LogP contribution < -0.4 is 31.9 Å². The number of carbonyl (C=O) groups is 9. The first-order valence-electron chi connectivity index (χ1n) is 28.0. The predicted octanol–water partition coefficient (Wildman–Crippen LogP) is 4.14. The lowest BCUT2D eigenvalue weighted by atomic mass is 9.97. The molecule has 4 aliphatic heterocycles. The van der Waals surface area contributed by atoms with Gasteiger partial charge in [0.25, 0.3) is 11.8 Å². The quantitative estimate of drug-likeness (QED) is 0.0392. The van der Waals surface area contributed by atoms with Crippen molar-refractivity contribution in [2.24, 2.45) is 0 Å². The summed E-state index contributed by atoms with van der Waals surface area (Å²) in [6.07, 6.45) is 17.1. The van der Waals surface area contributed by atoms with Crippen LogP contribution >= 0.6 is 21.6 Å². The van der Waals surface area contributed by atoms with Crippen LogP contribution in [0.1, 0.15) is 145 Å². The Kier molecular flexibility index (Phi) is 32.6. The van der Waals surface area contributed by atoms with E-state index in [1.807, 2.05) is 25.1 Å². The molecular formula is C55H91N11O9S2. The Balaban J connectivity index is 0.000000305. The molecule has 0 saturated carbocycles. The van der Waals surface area contributed by atoms with Crippen LogP contribution in [0.3, 0.4) is 0 Å². The third kappa shape index (κ3) is 27.5. The van der Waals surface area contributed by atoms with Crippen molar-refractivity contribution < 1.29 is 43.2 Å². The van der Waals surface area contributed by atoms with Crippen LogP contribution in [0.2, 0.25) is 0 Å². The van der Waals surface area contributed by atoms with Crippen molar-refractivity contribution in [3.8, 4) is 0 Å². The van der Waals surface area contributed by atoms with Gasteiger partial charge in [-0.2, -0.15) is 0 Å². The number of carbonyl (C=O) groups excluding carboxylic acids is 9. The molecule has 77 heavy (non-hydrogen) atoms. The van der Waals surface area contributed by atoms with E-state index in [4.69, 9.17) is 0 Å². The molecule has 6 N–H and O–H groups in total. The molecule has 0 aliphatic carbocycles. The molecule has 0 bridgehead atoms. The molecule has 3 saturated heterocycles. The number of Topliss-reactive ketones (excluding diaryl/α,β-unsaturated/α-hetero) is 1. The largest absolute Gasteiger partial charge is 0.356 e. The number of imide groups is 1. The fourth-order valence-electron chi connectivity index (χ4n) is 9.62. The summed E-state index contributed by atoms with van der Waals surface area (Å²) in [5.74, 6) is -0.118. The first kappa shape index (κ1) is 66.4. The van der Waals surface area contributed by atoms with E-state index < -0.39 is 0 Å². The minimum atomic E-state index is -0.363. The third-order valence-corrected chi connectivity index (χ3v) is 16.6. The smallest absolute Gasteiger partial charge is 0.253 e. The van der Waals surface area contributed by atoms with Crippen molar-refractivity contribution in [1.29, 1.82) is 0 Å². The second-order valence-electron chi connectivity index (χ2n) is 20.5. The maximum atomic E-state index is 12.1. The maximum absolute atomic E-state index is 12.1. The fraction of sp³-hybridized carbons (Fsp3) is 0.709. The van der Waals surface area contributed by atoms with Gasteiger partial charge < -0.3 is 31.9 Å². The highest BCUT2D eigenvalue weighted by Crippen LogP contribution is 2.28. The number of piperidine rings is 3. The number of pyridine rings is 1. The van der Waals surface area contributed by atoms with E-state index in [0.29, 0.717) is 108 Å². The van der Waals surface area contributed by atoms with Crippen molar-refractivity contribution in [3.63, 3.8) is 0 Å². The Bertz CT molecular complexity index is 2010. The molecular weight excluding hydrogens is 1020 g/mol. The normalized spacial score (nSPS) is 21.6. The second kappa shape index (κ2) is 37.8. The van der Waals surface area contributed by atoms with Gasteiger partial charge in [0, 0.05) is 138 Å². The van der Waals surface area contributed by atoms with Crippen molar-refractivity contribution in [1.82, 2.24) is 56.5 Å². The SMILES string of the molecule is CC1CCCC(C)N1CC(=O)NCCC(=O)NCCN1C(=O)C=CC1=O.CC1CCCC(C)N1CC(=O)NCCC(=O)NCCSSc1ccccn1.CCC(=O)CCCNC(=O)CCNC(=O)CN1C(C)CCCC1C. The third-order valence-electron chi connectivity index (χ3n) is 14.3. The first-order chi connectivity index (χ1) is 36.9. The fourth-order valence-corrected chi connectivity index (χ4v) is 11.4. The summed E-state index contributed by atoms with van der Waals surface area (Å²) in [6, 6.07) is 8.39. The number of rotatable bonds is 28. The highest BCUT2D eigenvalue weighted by molar-refractivity contribution is 8.76. The number of nitrogens with one attached hydrogen (secondary N) is 6. The Morgan fingerprint density at radius 3 is 1.30 bits per heavy atom. The molecule has 0 spiro atoms. The average molecular weight is 1110 g/mol. The molecule has 20 nitrogen and oxygen atoms in total. The van der Waals surface area contributed by atoms with Gasteiger partial charge in [0.05, 0.1) is 19.6 Å². The summed E-state index contributed by atoms with van der Waals surface area (Å²) < 4.78 is 0. The Hall–Kier alpha value is -4.90. The number of likely N-dealkylation sites (tertiary alicyclic amines) is 3. The lowest BCUT2D eigenvalue weighted by Crippen LogP contribution is -2.49. The van der Waals surface area contributed by atoms with Crippen LogP contribution in [0.25, 0.3) is 0 Å². The summed E-state index contributed by atoms with van der Waals surface area (Å²) >= 11 is 0. The van der Waals surface area contributed by atoms with Crippen molar-refractivity contribution in [2.45, 2.75) is 186 Å². The number of nitrogens with zero attached hydrogens (tertiary/aromatic N) is 5. The minimum Gasteiger partial charge on any atom is -0.356 e. The van der Waals surface area contributed by atoms with Crippen molar-refractivity contribution >= 4 is 74.6 Å². The summed E-state index contributed by atoms with van der Waals surface area (Å²) in [5, 5.41) is 17.7. The van der Waals surface area contributed by atoms with E-state index in [9.17, 15) is 43.2 Å². The standard InChI is InChI=1S/C19H30N4O2S2.C18H28N4O4.C18H33N3O3/c1-15-6-5-7-16(2)23(15)14-18(25)20-11-9-17(24)21-12-13-26-27-19-8-3-4-10-22-19;1-13-4-3-5-14(2)22(13)12-16(24)19-9-8-15(23)20-10-11-21-17(25)6-7-18(21)26;1-4-16(22)9-6-11-19-17(23)10-12-20-18(24)13-21-14(2)7-5-8-15(21)3/h3-4,8,10,15-16H,5-7,9,11-14H2,1-2H3,(H,20,25)(H,21,24);6-7,13-14H,3-5,8-12H2,1-2H3,(H,19,24)(H,20,23);14-15H,4-13H2,1-3H3,(H,19,23)(H,20,24). The number of ketones is 1. The van der Waals surface area contributed by atoms with Gasteiger partial charge in [-0.25, -0.2) is 4.98 Å². The summed E-state index contributed by atoms with van der Waals surface area (Å²) in [7, 11) is 3.26. The van der Waals surface area contributed by atoms with Crippen LogP contribution in [0.5, 0.6) is 0 Å². The predicted molar refractivity (Wildman–Crippen MR) is 303 cm³/mol. The Morgan fingerprint density at radius 2 is 0.909 bits per heavy atom. The van der Waals surface area contributed by atoms with E-state index in [2.05, 4.69) is 93.1 Å². The molecule has 6 atom stereocenters. The van der Waals surface area contributed by atoms with E-state index >= 15 is 0 Å². The van der Waals surface area contributed by atoms with Crippen LogP contribution in [-0.2, 0) is 43.2 Å². The highest BCUT2D eigenvalue weighted by atomic mass is 33.1. The molecule has 8 amide bonds. The van der Waals surface area contributed by atoms with Gasteiger partial charge in [0.15, 0.2) is 0 Å². The molecule has 22 heteroatoms.